The zero-order chi connectivity index (χ0) is 11.5. The highest BCUT2D eigenvalue weighted by molar-refractivity contribution is 6.30. The van der Waals surface area contributed by atoms with Gasteiger partial charge in [0.25, 0.3) is 0 Å². The molecular weight excluding hydrogens is 231 g/mol. The van der Waals surface area contributed by atoms with Crippen molar-refractivity contribution in [1.82, 2.24) is 9.55 Å². The van der Waals surface area contributed by atoms with Gasteiger partial charge in [-0.25, -0.2) is 9.37 Å². The predicted molar refractivity (Wildman–Crippen MR) is 59.0 cm³/mol. The number of halogens is 2. The quantitative estimate of drug-likeness (QED) is 0.825. The lowest BCUT2D eigenvalue weighted by molar-refractivity contribution is 0.295. The third-order valence-corrected chi connectivity index (χ3v) is 2.50. The number of aryl methyl sites for hydroxylation is 1. The number of ether oxygens (including phenoxy) is 1. The molecule has 1 aromatic heterocycles. The van der Waals surface area contributed by atoms with E-state index in [2.05, 4.69) is 4.98 Å². The molecule has 0 unspecified atom stereocenters. The van der Waals surface area contributed by atoms with Crippen molar-refractivity contribution in [3.8, 4) is 5.75 Å². The van der Waals surface area contributed by atoms with Crippen molar-refractivity contribution in [2.75, 3.05) is 0 Å². The molecule has 0 fully saturated rings. The first kappa shape index (κ1) is 11.0. The largest absolute Gasteiger partial charge is 0.487 e. The van der Waals surface area contributed by atoms with E-state index in [1.165, 1.54) is 12.1 Å². The summed E-state index contributed by atoms with van der Waals surface area (Å²) in [6, 6.07) is 4.36. The summed E-state index contributed by atoms with van der Waals surface area (Å²) in [4.78, 5) is 3.95. The zero-order valence-electron chi connectivity index (χ0n) is 8.65. The Kier molecular flexibility index (Phi) is 3.10. The zero-order valence-corrected chi connectivity index (χ0v) is 9.41. The maximum absolute atomic E-state index is 13.1. The van der Waals surface area contributed by atoms with Crippen molar-refractivity contribution < 1.29 is 9.13 Å². The van der Waals surface area contributed by atoms with Crippen LogP contribution in [0.15, 0.2) is 30.7 Å². The summed E-state index contributed by atoms with van der Waals surface area (Å²) in [6.45, 7) is 0.345. The van der Waals surface area contributed by atoms with Crippen LogP contribution >= 0.6 is 11.6 Å². The van der Waals surface area contributed by atoms with Crippen LogP contribution in [0.1, 0.15) is 5.69 Å². The van der Waals surface area contributed by atoms with Crippen molar-refractivity contribution in [3.63, 3.8) is 0 Å². The van der Waals surface area contributed by atoms with E-state index in [-0.39, 0.29) is 5.02 Å². The molecule has 0 N–H and O–H groups in total. The Labute approximate surface area is 97.4 Å². The van der Waals surface area contributed by atoms with Crippen molar-refractivity contribution in [3.05, 3.63) is 47.3 Å². The fraction of sp³-hybridized carbons (Fsp3) is 0.182. The number of imidazole rings is 1. The van der Waals surface area contributed by atoms with Gasteiger partial charge in [0.15, 0.2) is 0 Å². The van der Waals surface area contributed by atoms with E-state index in [4.69, 9.17) is 16.3 Å². The number of nitrogens with zero attached hydrogens (tertiary/aromatic N) is 2. The van der Waals surface area contributed by atoms with Crippen LogP contribution in [0.2, 0.25) is 5.02 Å². The van der Waals surface area contributed by atoms with Crippen LogP contribution in [0.25, 0.3) is 0 Å². The molecule has 1 heterocycles. The molecule has 0 radical (unpaired) electrons. The second-order valence-corrected chi connectivity index (χ2v) is 3.77. The Bertz CT molecular complexity index is 498. The van der Waals surface area contributed by atoms with Crippen LogP contribution in [0.3, 0.4) is 0 Å². The van der Waals surface area contributed by atoms with E-state index in [9.17, 15) is 4.39 Å². The second kappa shape index (κ2) is 4.53. The molecule has 3 nitrogen and oxygen atoms in total. The van der Waals surface area contributed by atoms with Crippen LogP contribution < -0.4 is 4.74 Å². The molecule has 0 aliphatic rings. The van der Waals surface area contributed by atoms with Crippen LogP contribution in [0, 0.1) is 5.82 Å². The Morgan fingerprint density at radius 1 is 1.50 bits per heavy atom. The number of benzene rings is 1. The Morgan fingerprint density at radius 2 is 2.31 bits per heavy atom. The van der Waals surface area contributed by atoms with E-state index in [1.807, 2.05) is 11.6 Å². The lowest BCUT2D eigenvalue weighted by atomic mass is 10.3. The monoisotopic (exact) mass is 240 g/mol. The lowest BCUT2D eigenvalue weighted by Crippen LogP contribution is -2.01. The van der Waals surface area contributed by atoms with Gasteiger partial charge in [0.05, 0.1) is 23.2 Å². The summed E-state index contributed by atoms with van der Waals surface area (Å²) >= 11 is 5.56. The first-order chi connectivity index (χ1) is 7.66. The molecule has 0 aliphatic carbocycles. The van der Waals surface area contributed by atoms with Gasteiger partial charge in [0, 0.05) is 13.1 Å². The van der Waals surface area contributed by atoms with Crippen molar-refractivity contribution in [2.24, 2.45) is 7.05 Å². The molecule has 2 rings (SSSR count). The van der Waals surface area contributed by atoms with Crippen molar-refractivity contribution in [2.45, 2.75) is 6.61 Å². The van der Waals surface area contributed by atoms with Gasteiger partial charge in [-0.05, 0) is 12.1 Å². The highest BCUT2D eigenvalue weighted by Gasteiger charge is 2.03. The first-order valence-corrected chi connectivity index (χ1v) is 5.07. The van der Waals surface area contributed by atoms with Gasteiger partial charge >= 0.3 is 0 Å². The lowest BCUT2D eigenvalue weighted by Gasteiger charge is -2.06. The molecule has 0 saturated carbocycles. The molecule has 0 amide bonds. The summed E-state index contributed by atoms with van der Waals surface area (Å²) in [5.41, 5.74) is 0.912. The smallest absolute Gasteiger partial charge is 0.145 e. The van der Waals surface area contributed by atoms with E-state index >= 15 is 0 Å². The molecule has 0 bridgehead atoms. The molecule has 16 heavy (non-hydrogen) atoms. The molecule has 2 aromatic rings. The summed E-state index contributed by atoms with van der Waals surface area (Å²) < 4.78 is 20.3. The molecule has 0 atom stereocenters. The maximum Gasteiger partial charge on any atom is 0.145 e. The first-order valence-electron chi connectivity index (χ1n) is 4.70. The Morgan fingerprint density at radius 3 is 2.94 bits per heavy atom. The van der Waals surface area contributed by atoms with Crippen LogP contribution in [-0.4, -0.2) is 9.55 Å². The fourth-order valence-electron chi connectivity index (χ4n) is 1.25. The number of aromatic nitrogens is 2. The van der Waals surface area contributed by atoms with Crippen LogP contribution in [-0.2, 0) is 13.7 Å². The molecule has 5 heteroatoms. The minimum atomic E-state index is -0.482. The number of hydrogen-bond acceptors (Lipinski definition) is 2. The van der Waals surface area contributed by atoms with Gasteiger partial charge in [-0.1, -0.05) is 11.6 Å². The Balaban J connectivity index is 2.05. The minimum absolute atomic E-state index is 0.0906. The highest BCUT2D eigenvalue weighted by Crippen LogP contribution is 2.21. The van der Waals surface area contributed by atoms with Crippen molar-refractivity contribution >= 4 is 11.6 Å². The average Bonchev–Trinajstić information content (AvgIpc) is 2.66. The molecule has 84 valence electrons. The average molecular weight is 241 g/mol. The van der Waals surface area contributed by atoms with Gasteiger partial charge in [0.1, 0.15) is 18.2 Å². The topological polar surface area (TPSA) is 27.1 Å². The molecular formula is C11H10ClFN2O. The highest BCUT2D eigenvalue weighted by atomic mass is 35.5. The van der Waals surface area contributed by atoms with E-state index < -0.39 is 5.82 Å². The van der Waals surface area contributed by atoms with Crippen LogP contribution in [0.4, 0.5) is 4.39 Å². The van der Waals surface area contributed by atoms with Gasteiger partial charge in [-0.15, -0.1) is 0 Å². The SMILES string of the molecule is Cn1cncc1COc1ccc(Cl)c(F)c1. The van der Waals surface area contributed by atoms with Crippen molar-refractivity contribution in [1.29, 1.82) is 0 Å². The van der Waals surface area contributed by atoms with E-state index in [1.54, 1.807) is 18.6 Å². The van der Waals surface area contributed by atoms with Gasteiger partial charge in [-0.2, -0.15) is 0 Å². The molecule has 0 aliphatic heterocycles. The second-order valence-electron chi connectivity index (χ2n) is 3.36. The normalized spacial score (nSPS) is 10.4. The maximum atomic E-state index is 13.1. The summed E-state index contributed by atoms with van der Waals surface area (Å²) in [5.74, 6) is -0.0349. The fourth-order valence-corrected chi connectivity index (χ4v) is 1.37. The third-order valence-electron chi connectivity index (χ3n) is 2.19. The summed E-state index contributed by atoms with van der Waals surface area (Å²) in [5, 5.41) is 0.0906. The van der Waals surface area contributed by atoms with Gasteiger partial charge < -0.3 is 9.30 Å². The molecule has 0 saturated heterocycles. The molecule has 1 aromatic carbocycles. The Hall–Kier alpha value is -1.55. The van der Waals surface area contributed by atoms with Gasteiger partial charge in [-0.3, -0.25) is 0 Å². The third kappa shape index (κ3) is 2.33. The van der Waals surface area contributed by atoms with E-state index in [0.717, 1.165) is 5.69 Å². The predicted octanol–water partition coefficient (Wildman–Crippen LogP) is 2.79. The molecule has 0 spiro atoms. The summed E-state index contributed by atoms with van der Waals surface area (Å²) in [7, 11) is 1.87. The van der Waals surface area contributed by atoms with Crippen LogP contribution in [0.5, 0.6) is 5.75 Å². The number of hydrogen-bond donors (Lipinski definition) is 0. The minimum Gasteiger partial charge on any atom is -0.487 e. The summed E-state index contributed by atoms with van der Waals surface area (Å²) in [6.07, 6.45) is 3.38. The van der Waals surface area contributed by atoms with Gasteiger partial charge in [0.2, 0.25) is 0 Å². The number of rotatable bonds is 3. The van der Waals surface area contributed by atoms with E-state index in [0.29, 0.717) is 12.4 Å². The standard InChI is InChI=1S/C11H10ClFN2O/c1-15-7-14-5-8(15)6-16-9-2-3-10(12)11(13)4-9/h2-5,7H,6H2,1H3.